The second-order valence-electron chi connectivity index (χ2n) is 3.23. The van der Waals surface area contributed by atoms with Gasteiger partial charge in [0.25, 0.3) is 0 Å². The lowest BCUT2D eigenvalue weighted by Gasteiger charge is -2.03. The van der Waals surface area contributed by atoms with E-state index in [4.69, 9.17) is 5.11 Å². The summed E-state index contributed by atoms with van der Waals surface area (Å²) in [4.78, 5) is 22.5. The van der Waals surface area contributed by atoms with Gasteiger partial charge in [-0.15, -0.1) is 11.3 Å². The van der Waals surface area contributed by atoms with Crippen LogP contribution in [0.3, 0.4) is 0 Å². The molecule has 1 amide bonds. The maximum absolute atomic E-state index is 10.6. The van der Waals surface area contributed by atoms with Crippen LogP contribution >= 0.6 is 11.3 Å². The molecule has 0 aromatic carbocycles. The van der Waals surface area contributed by atoms with Gasteiger partial charge in [-0.3, -0.25) is 4.79 Å². The Morgan fingerprint density at radius 2 is 2.12 bits per heavy atom. The van der Waals surface area contributed by atoms with Crippen molar-refractivity contribution >= 4 is 23.2 Å². The molecule has 1 rings (SSSR count). The van der Waals surface area contributed by atoms with Gasteiger partial charge in [-0.2, -0.15) is 0 Å². The van der Waals surface area contributed by atoms with E-state index < -0.39 is 5.97 Å². The third-order valence-electron chi connectivity index (χ3n) is 1.85. The number of carbonyl (C=O) groups is 2. The van der Waals surface area contributed by atoms with E-state index in [0.29, 0.717) is 24.5 Å². The predicted molar refractivity (Wildman–Crippen MR) is 61.7 cm³/mol. The summed E-state index contributed by atoms with van der Waals surface area (Å²) < 4.78 is 0. The van der Waals surface area contributed by atoms with Crippen LogP contribution in [0.1, 0.15) is 21.5 Å². The van der Waals surface area contributed by atoms with Gasteiger partial charge in [0, 0.05) is 31.4 Å². The Morgan fingerprint density at radius 3 is 2.69 bits per heavy atom. The van der Waals surface area contributed by atoms with Gasteiger partial charge in [0.15, 0.2) is 0 Å². The highest BCUT2D eigenvalue weighted by Gasteiger charge is 2.05. The van der Waals surface area contributed by atoms with E-state index in [2.05, 4.69) is 10.6 Å². The zero-order chi connectivity index (χ0) is 12.0. The molecule has 1 heterocycles. The lowest BCUT2D eigenvalue weighted by molar-refractivity contribution is -0.118. The first-order chi connectivity index (χ1) is 7.59. The second-order valence-corrected chi connectivity index (χ2v) is 4.40. The van der Waals surface area contributed by atoms with Crippen LogP contribution in [0.2, 0.25) is 0 Å². The van der Waals surface area contributed by atoms with Crippen LogP contribution in [0.4, 0.5) is 0 Å². The number of aromatic carboxylic acids is 1. The molecule has 0 saturated heterocycles. The Morgan fingerprint density at radius 1 is 1.38 bits per heavy atom. The zero-order valence-corrected chi connectivity index (χ0v) is 9.76. The van der Waals surface area contributed by atoms with Crippen LogP contribution in [0.25, 0.3) is 0 Å². The Balaban J connectivity index is 2.21. The smallest absolute Gasteiger partial charge is 0.345 e. The molecule has 0 unspecified atom stereocenters. The highest BCUT2D eigenvalue weighted by atomic mass is 32.1. The van der Waals surface area contributed by atoms with Crippen LogP contribution < -0.4 is 10.6 Å². The van der Waals surface area contributed by atoms with Crippen LogP contribution in [0, 0.1) is 0 Å². The predicted octanol–water partition coefficient (Wildman–Crippen LogP) is 0.672. The average Bonchev–Trinajstić information content (AvgIpc) is 2.65. The molecular weight excluding hydrogens is 228 g/mol. The first kappa shape index (κ1) is 12.7. The molecule has 5 nitrogen and oxygen atoms in total. The maximum Gasteiger partial charge on any atom is 0.345 e. The van der Waals surface area contributed by atoms with Crippen molar-refractivity contribution in [3.05, 3.63) is 21.9 Å². The molecule has 0 fully saturated rings. The van der Waals surface area contributed by atoms with Gasteiger partial charge in [0.2, 0.25) is 5.91 Å². The molecule has 1 aromatic rings. The fourth-order valence-corrected chi connectivity index (χ4v) is 1.94. The third-order valence-corrected chi connectivity index (χ3v) is 2.92. The van der Waals surface area contributed by atoms with Crippen molar-refractivity contribution in [1.29, 1.82) is 0 Å². The van der Waals surface area contributed by atoms with Gasteiger partial charge in [-0.1, -0.05) is 0 Å². The van der Waals surface area contributed by atoms with Crippen molar-refractivity contribution in [2.24, 2.45) is 0 Å². The molecule has 0 bridgehead atoms. The molecule has 3 N–H and O–H groups in total. The summed E-state index contributed by atoms with van der Waals surface area (Å²) in [6.45, 7) is 3.34. The molecule has 0 saturated carbocycles. The highest BCUT2D eigenvalue weighted by Crippen LogP contribution is 2.15. The van der Waals surface area contributed by atoms with Crippen molar-refractivity contribution in [1.82, 2.24) is 10.6 Å². The number of hydrogen-bond donors (Lipinski definition) is 3. The van der Waals surface area contributed by atoms with Gasteiger partial charge in [0.1, 0.15) is 4.88 Å². The van der Waals surface area contributed by atoms with Crippen LogP contribution in [0.15, 0.2) is 12.1 Å². The number of carboxylic acids is 1. The summed E-state index contributed by atoms with van der Waals surface area (Å²) in [5, 5.41) is 14.5. The Hall–Kier alpha value is -1.40. The number of amides is 1. The minimum atomic E-state index is -0.894. The van der Waals surface area contributed by atoms with E-state index in [-0.39, 0.29) is 5.91 Å². The van der Waals surface area contributed by atoms with Crippen molar-refractivity contribution < 1.29 is 14.7 Å². The normalized spacial score (nSPS) is 10.1. The van der Waals surface area contributed by atoms with E-state index in [9.17, 15) is 9.59 Å². The highest BCUT2D eigenvalue weighted by molar-refractivity contribution is 7.13. The van der Waals surface area contributed by atoms with Crippen molar-refractivity contribution in [2.75, 3.05) is 13.1 Å². The molecule has 0 aliphatic rings. The fraction of sp³-hybridized carbons (Fsp3) is 0.400. The molecule has 88 valence electrons. The summed E-state index contributed by atoms with van der Waals surface area (Å²) >= 11 is 1.26. The van der Waals surface area contributed by atoms with E-state index in [1.807, 2.05) is 0 Å². The van der Waals surface area contributed by atoms with Crippen molar-refractivity contribution in [3.63, 3.8) is 0 Å². The summed E-state index contributed by atoms with van der Waals surface area (Å²) in [5.41, 5.74) is 0. The molecule has 0 spiro atoms. The van der Waals surface area contributed by atoms with E-state index in [1.54, 1.807) is 12.1 Å². The summed E-state index contributed by atoms with van der Waals surface area (Å²) in [7, 11) is 0. The fourth-order valence-electron chi connectivity index (χ4n) is 1.13. The van der Waals surface area contributed by atoms with E-state index >= 15 is 0 Å². The molecule has 0 aliphatic carbocycles. The lowest BCUT2D eigenvalue weighted by atomic mass is 10.4. The SMILES string of the molecule is CC(=O)NCCNCc1ccc(C(=O)O)s1. The maximum atomic E-state index is 10.6. The Kier molecular flexibility index (Phi) is 4.94. The Labute approximate surface area is 97.5 Å². The van der Waals surface area contributed by atoms with Gasteiger partial charge < -0.3 is 15.7 Å². The van der Waals surface area contributed by atoms with Crippen LogP contribution in [-0.2, 0) is 11.3 Å². The lowest BCUT2D eigenvalue weighted by Crippen LogP contribution is -2.29. The number of thiophene rings is 1. The zero-order valence-electron chi connectivity index (χ0n) is 8.95. The van der Waals surface area contributed by atoms with E-state index in [0.717, 1.165) is 4.88 Å². The van der Waals surface area contributed by atoms with Gasteiger partial charge in [-0.25, -0.2) is 4.79 Å². The molecule has 1 aromatic heterocycles. The minimum Gasteiger partial charge on any atom is -0.477 e. The molecule has 0 aliphatic heterocycles. The van der Waals surface area contributed by atoms with Crippen molar-refractivity contribution in [2.45, 2.75) is 13.5 Å². The van der Waals surface area contributed by atoms with Gasteiger partial charge in [-0.05, 0) is 12.1 Å². The third kappa shape index (κ3) is 4.41. The molecule has 0 radical (unpaired) electrons. The van der Waals surface area contributed by atoms with Gasteiger partial charge in [0.05, 0.1) is 0 Å². The second kappa shape index (κ2) is 6.24. The Bertz CT molecular complexity index is 376. The quantitative estimate of drug-likeness (QED) is 0.641. The number of rotatable bonds is 6. The summed E-state index contributed by atoms with van der Waals surface area (Å²) in [5.74, 6) is -0.944. The summed E-state index contributed by atoms with van der Waals surface area (Å²) in [6, 6.07) is 3.39. The monoisotopic (exact) mass is 242 g/mol. The van der Waals surface area contributed by atoms with E-state index in [1.165, 1.54) is 18.3 Å². The molecule has 0 atom stereocenters. The topological polar surface area (TPSA) is 78.4 Å². The standard InChI is InChI=1S/C10H14N2O3S/c1-7(13)12-5-4-11-6-8-2-3-9(16-8)10(14)15/h2-3,11H,4-6H2,1H3,(H,12,13)(H,14,15). The van der Waals surface area contributed by atoms with Gasteiger partial charge >= 0.3 is 5.97 Å². The largest absolute Gasteiger partial charge is 0.477 e. The first-order valence-corrected chi connectivity index (χ1v) is 5.68. The molecular formula is C10H14N2O3S. The number of hydrogen-bond acceptors (Lipinski definition) is 4. The number of nitrogens with one attached hydrogen (secondary N) is 2. The van der Waals surface area contributed by atoms with Crippen molar-refractivity contribution in [3.8, 4) is 0 Å². The summed E-state index contributed by atoms with van der Waals surface area (Å²) in [6.07, 6.45) is 0. The van der Waals surface area contributed by atoms with Crippen LogP contribution in [-0.4, -0.2) is 30.1 Å². The first-order valence-electron chi connectivity index (χ1n) is 4.87. The number of carboxylic acid groups (broad SMARTS) is 1. The van der Waals surface area contributed by atoms with Crippen LogP contribution in [0.5, 0.6) is 0 Å². The molecule has 6 heteroatoms. The minimum absolute atomic E-state index is 0.0499. The average molecular weight is 242 g/mol. The number of carbonyl (C=O) groups excluding carboxylic acids is 1. The molecule has 16 heavy (non-hydrogen) atoms.